The molecule has 0 spiro atoms. The van der Waals surface area contributed by atoms with E-state index in [0.717, 1.165) is 9.92 Å². The number of nitrogen functional groups attached to an aromatic ring is 1. The van der Waals surface area contributed by atoms with Crippen molar-refractivity contribution < 1.29 is 9.90 Å². The summed E-state index contributed by atoms with van der Waals surface area (Å²) in [6, 6.07) is 6.62. The molecule has 3 N–H and O–H groups in total. The summed E-state index contributed by atoms with van der Waals surface area (Å²) in [7, 11) is 0. The van der Waals surface area contributed by atoms with E-state index in [1.54, 1.807) is 24.4 Å². The van der Waals surface area contributed by atoms with Crippen LogP contribution in [0.1, 0.15) is 10.4 Å². The number of carboxylic acids is 1. The molecule has 17 heavy (non-hydrogen) atoms. The van der Waals surface area contributed by atoms with Gasteiger partial charge in [0.25, 0.3) is 0 Å². The fourth-order valence-electron chi connectivity index (χ4n) is 1.24. The van der Waals surface area contributed by atoms with Gasteiger partial charge in [0.15, 0.2) is 0 Å². The molecule has 1 aromatic heterocycles. The van der Waals surface area contributed by atoms with E-state index in [1.807, 2.05) is 0 Å². The summed E-state index contributed by atoms with van der Waals surface area (Å²) in [6.45, 7) is 0. The molecule has 1 heterocycles. The van der Waals surface area contributed by atoms with Crippen LogP contribution in [0.4, 0.5) is 5.69 Å². The standard InChI is InChI=1S/C11H9N3O2S/c12-9-2-1-7(5-8(9)11(15)16)17-10-3-4-13-6-14-10/h1-6H,12H2,(H,15,16). The van der Waals surface area contributed by atoms with E-state index in [4.69, 9.17) is 10.8 Å². The van der Waals surface area contributed by atoms with Crippen LogP contribution in [0.3, 0.4) is 0 Å². The van der Waals surface area contributed by atoms with Crippen molar-refractivity contribution in [3.05, 3.63) is 42.4 Å². The van der Waals surface area contributed by atoms with Crippen LogP contribution in [0.25, 0.3) is 0 Å². The van der Waals surface area contributed by atoms with E-state index in [0.29, 0.717) is 0 Å². The normalized spacial score (nSPS) is 10.1. The number of carboxylic acid groups (broad SMARTS) is 1. The van der Waals surface area contributed by atoms with E-state index < -0.39 is 5.97 Å². The Morgan fingerprint density at radius 1 is 1.35 bits per heavy atom. The minimum atomic E-state index is -1.03. The number of hydrogen-bond donors (Lipinski definition) is 2. The Bertz CT molecular complexity index is 546. The first-order chi connectivity index (χ1) is 8.16. The first kappa shape index (κ1) is 11.4. The first-order valence-electron chi connectivity index (χ1n) is 4.73. The lowest BCUT2D eigenvalue weighted by atomic mass is 10.2. The van der Waals surface area contributed by atoms with Gasteiger partial charge in [-0.05, 0) is 24.3 Å². The summed E-state index contributed by atoms with van der Waals surface area (Å²) >= 11 is 1.36. The van der Waals surface area contributed by atoms with Gasteiger partial charge in [0.1, 0.15) is 11.4 Å². The number of benzene rings is 1. The highest BCUT2D eigenvalue weighted by molar-refractivity contribution is 7.99. The van der Waals surface area contributed by atoms with Crippen molar-refractivity contribution in [2.24, 2.45) is 0 Å². The molecule has 0 aliphatic carbocycles. The summed E-state index contributed by atoms with van der Waals surface area (Å²) in [4.78, 5) is 19.5. The van der Waals surface area contributed by atoms with Crippen LogP contribution in [0.2, 0.25) is 0 Å². The molecular formula is C11H9N3O2S. The Kier molecular flexibility index (Phi) is 3.24. The van der Waals surface area contributed by atoms with Gasteiger partial charge in [-0.2, -0.15) is 0 Å². The van der Waals surface area contributed by atoms with Crippen LogP contribution in [-0.2, 0) is 0 Å². The zero-order valence-corrected chi connectivity index (χ0v) is 9.52. The highest BCUT2D eigenvalue weighted by Crippen LogP contribution is 2.28. The maximum atomic E-state index is 10.9. The van der Waals surface area contributed by atoms with Crippen LogP contribution in [0.15, 0.2) is 46.7 Å². The predicted molar refractivity (Wildman–Crippen MR) is 64.0 cm³/mol. The number of hydrogen-bond acceptors (Lipinski definition) is 5. The monoisotopic (exact) mass is 247 g/mol. The van der Waals surface area contributed by atoms with E-state index in [1.165, 1.54) is 24.2 Å². The molecule has 0 aliphatic heterocycles. The third-order valence-corrected chi connectivity index (χ3v) is 2.97. The summed E-state index contributed by atoms with van der Waals surface area (Å²) < 4.78 is 0. The molecule has 0 unspecified atom stereocenters. The van der Waals surface area contributed by atoms with E-state index in [-0.39, 0.29) is 11.3 Å². The van der Waals surface area contributed by atoms with Crippen molar-refractivity contribution in [3.63, 3.8) is 0 Å². The molecule has 0 bridgehead atoms. The maximum Gasteiger partial charge on any atom is 0.337 e. The van der Waals surface area contributed by atoms with Crippen LogP contribution < -0.4 is 5.73 Å². The molecule has 86 valence electrons. The Morgan fingerprint density at radius 3 is 2.82 bits per heavy atom. The van der Waals surface area contributed by atoms with Gasteiger partial charge < -0.3 is 10.8 Å². The lowest BCUT2D eigenvalue weighted by Gasteiger charge is -2.04. The van der Waals surface area contributed by atoms with Crippen molar-refractivity contribution in [3.8, 4) is 0 Å². The van der Waals surface area contributed by atoms with Crippen LogP contribution in [0.5, 0.6) is 0 Å². The molecule has 0 saturated carbocycles. The molecule has 5 nitrogen and oxygen atoms in total. The largest absolute Gasteiger partial charge is 0.478 e. The Labute approximate surface area is 102 Å². The third kappa shape index (κ3) is 2.73. The quantitative estimate of drug-likeness (QED) is 0.636. The molecule has 6 heteroatoms. The highest BCUT2D eigenvalue weighted by atomic mass is 32.2. The molecule has 2 rings (SSSR count). The van der Waals surface area contributed by atoms with E-state index in [9.17, 15) is 4.79 Å². The van der Waals surface area contributed by atoms with E-state index >= 15 is 0 Å². The topological polar surface area (TPSA) is 89.1 Å². The van der Waals surface area contributed by atoms with Crippen LogP contribution in [0, 0.1) is 0 Å². The summed E-state index contributed by atoms with van der Waals surface area (Å²) in [5.41, 5.74) is 5.92. The maximum absolute atomic E-state index is 10.9. The lowest BCUT2D eigenvalue weighted by Crippen LogP contribution is -2.02. The van der Waals surface area contributed by atoms with Gasteiger partial charge in [0.2, 0.25) is 0 Å². The van der Waals surface area contributed by atoms with Gasteiger partial charge in [-0.25, -0.2) is 14.8 Å². The molecule has 0 radical (unpaired) electrons. The average Bonchev–Trinajstić information content (AvgIpc) is 2.32. The minimum Gasteiger partial charge on any atom is -0.478 e. The first-order valence-corrected chi connectivity index (χ1v) is 5.55. The van der Waals surface area contributed by atoms with Gasteiger partial charge in [0, 0.05) is 16.8 Å². The van der Waals surface area contributed by atoms with Crippen molar-refractivity contribution in [1.29, 1.82) is 0 Å². The molecule has 0 amide bonds. The van der Waals surface area contributed by atoms with Gasteiger partial charge in [-0.15, -0.1) is 0 Å². The molecule has 0 saturated heterocycles. The van der Waals surface area contributed by atoms with E-state index in [2.05, 4.69) is 9.97 Å². The molecule has 1 aromatic carbocycles. The summed E-state index contributed by atoms with van der Waals surface area (Å²) in [5, 5.41) is 9.69. The number of anilines is 1. The summed E-state index contributed by atoms with van der Waals surface area (Å²) in [5.74, 6) is -1.03. The minimum absolute atomic E-state index is 0.101. The van der Waals surface area contributed by atoms with Gasteiger partial charge in [0.05, 0.1) is 5.56 Å². The molecule has 2 aromatic rings. The fourth-order valence-corrected chi connectivity index (χ4v) is 2.03. The second-order valence-electron chi connectivity index (χ2n) is 3.20. The second-order valence-corrected chi connectivity index (χ2v) is 4.30. The van der Waals surface area contributed by atoms with Crippen molar-refractivity contribution in [2.45, 2.75) is 9.92 Å². The Balaban J connectivity index is 2.29. The Hall–Kier alpha value is -2.08. The number of aromatic carboxylic acids is 1. The SMILES string of the molecule is Nc1ccc(Sc2ccncn2)cc1C(=O)O. The van der Waals surface area contributed by atoms with Crippen LogP contribution in [-0.4, -0.2) is 21.0 Å². The molecule has 0 aliphatic rings. The lowest BCUT2D eigenvalue weighted by molar-refractivity contribution is 0.0698. The molecule has 0 fully saturated rings. The number of carbonyl (C=O) groups is 1. The highest BCUT2D eigenvalue weighted by Gasteiger charge is 2.09. The number of aromatic nitrogens is 2. The van der Waals surface area contributed by atoms with Crippen molar-refractivity contribution in [1.82, 2.24) is 9.97 Å². The predicted octanol–water partition coefficient (Wildman–Crippen LogP) is 1.91. The number of nitrogens with zero attached hydrogens (tertiary/aromatic N) is 2. The Morgan fingerprint density at radius 2 is 2.18 bits per heavy atom. The number of nitrogens with two attached hydrogens (primary N) is 1. The van der Waals surface area contributed by atoms with Crippen molar-refractivity contribution >= 4 is 23.4 Å². The second kappa shape index (κ2) is 4.84. The zero-order chi connectivity index (χ0) is 12.3. The molecular weight excluding hydrogens is 238 g/mol. The van der Waals surface area contributed by atoms with Gasteiger partial charge in [-0.3, -0.25) is 0 Å². The fraction of sp³-hybridized carbons (Fsp3) is 0. The van der Waals surface area contributed by atoms with Crippen molar-refractivity contribution in [2.75, 3.05) is 5.73 Å². The van der Waals surface area contributed by atoms with Gasteiger partial charge in [-0.1, -0.05) is 11.8 Å². The van der Waals surface area contributed by atoms with Crippen LogP contribution >= 0.6 is 11.8 Å². The number of rotatable bonds is 3. The summed E-state index contributed by atoms with van der Waals surface area (Å²) in [6.07, 6.45) is 3.07. The van der Waals surface area contributed by atoms with Gasteiger partial charge >= 0.3 is 5.97 Å². The third-order valence-electron chi connectivity index (χ3n) is 2.03. The smallest absolute Gasteiger partial charge is 0.337 e. The zero-order valence-electron chi connectivity index (χ0n) is 8.70. The average molecular weight is 247 g/mol. The molecule has 0 atom stereocenters.